The van der Waals surface area contributed by atoms with E-state index in [9.17, 15) is 26.7 Å². The maximum atomic E-state index is 12.9. The molecule has 5 nitrogen and oxygen atoms in total. The Morgan fingerprint density at radius 3 is 2.48 bits per heavy atom. The number of hydrogen-bond acceptors (Lipinski definition) is 5. The van der Waals surface area contributed by atoms with E-state index in [1.165, 1.54) is 0 Å². The molecule has 21 heavy (non-hydrogen) atoms. The van der Waals surface area contributed by atoms with Crippen LogP contribution in [0, 0.1) is 0 Å². The normalized spacial score (nSPS) is 11.6. The highest BCUT2D eigenvalue weighted by atomic mass is 19.4. The molecule has 0 bridgehead atoms. The molecular weight excluding hydrogens is 303 g/mol. The molecule has 0 spiro atoms. The molecule has 0 aliphatic carbocycles. The monoisotopic (exact) mass is 314 g/mol. The van der Waals surface area contributed by atoms with Crippen LogP contribution in [0.3, 0.4) is 0 Å². The van der Waals surface area contributed by atoms with E-state index in [0.717, 1.165) is 7.11 Å². The molecule has 0 aliphatic rings. The van der Waals surface area contributed by atoms with Gasteiger partial charge in [-0.2, -0.15) is 0 Å². The molecule has 0 radical (unpaired) electrons. The number of ether oxygens (including phenoxy) is 2. The van der Waals surface area contributed by atoms with Crippen LogP contribution in [-0.2, 0) is 22.5 Å². The van der Waals surface area contributed by atoms with Crippen molar-refractivity contribution in [1.82, 2.24) is 4.98 Å². The molecule has 0 aliphatic heterocycles. The lowest BCUT2D eigenvalue weighted by Crippen LogP contribution is -2.20. The number of aromatic nitrogens is 1. The van der Waals surface area contributed by atoms with Gasteiger partial charge in [0.1, 0.15) is 0 Å². The van der Waals surface area contributed by atoms with Gasteiger partial charge in [0, 0.05) is 18.2 Å². The average molecular weight is 314 g/mol. The zero-order valence-corrected chi connectivity index (χ0v) is 10.7. The highest BCUT2D eigenvalue weighted by molar-refractivity contribution is 5.72. The van der Waals surface area contributed by atoms with Gasteiger partial charge < -0.3 is 15.2 Å². The standard InChI is InChI=1S/C11H11F5N2O3/c1-20-9(19)3-7-6(4-17)5(10(12)13)2-8(18-7)21-11(14,15)16/h2,10H,3-4,17H2,1H3. The van der Waals surface area contributed by atoms with Gasteiger partial charge in [-0.25, -0.2) is 13.8 Å². The van der Waals surface area contributed by atoms with E-state index in [1.807, 2.05) is 0 Å². The fourth-order valence-corrected chi connectivity index (χ4v) is 1.58. The van der Waals surface area contributed by atoms with Crippen molar-refractivity contribution < 1.29 is 36.2 Å². The molecular formula is C11H11F5N2O3. The van der Waals surface area contributed by atoms with Gasteiger partial charge in [-0.3, -0.25) is 4.79 Å². The summed E-state index contributed by atoms with van der Waals surface area (Å²) in [5, 5.41) is 0. The Bertz CT molecular complexity index is 519. The largest absolute Gasteiger partial charge is 0.574 e. The molecule has 2 N–H and O–H groups in total. The first-order valence-corrected chi connectivity index (χ1v) is 5.51. The molecule has 0 saturated heterocycles. The van der Waals surface area contributed by atoms with Crippen molar-refractivity contribution in [2.75, 3.05) is 7.11 Å². The number of alkyl halides is 5. The summed E-state index contributed by atoms with van der Waals surface area (Å²) in [7, 11) is 1.04. The number of nitrogens with zero attached hydrogens (tertiary/aromatic N) is 1. The summed E-state index contributed by atoms with van der Waals surface area (Å²) in [6, 6.07) is 0.446. The van der Waals surface area contributed by atoms with Crippen LogP contribution in [0.2, 0.25) is 0 Å². The van der Waals surface area contributed by atoms with E-state index in [0.29, 0.717) is 6.07 Å². The van der Waals surface area contributed by atoms with E-state index < -0.39 is 43.2 Å². The van der Waals surface area contributed by atoms with Gasteiger partial charge >= 0.3 is 12.3 Å². The zero-order valence-electron chi connectivity index (χ0n) is 10.7. The molecule has 0 aromatic carbocycles. The van der Waals surface area contributed by atoms with Crippen molar-refractivity contribution >= 4 is 5.97 Å². The SMILES string of the molecule is COC(=O)Cc1nc(OC(F)(F)F)cc(C(F)F)c1CN. The number of rotatable bonds is 5. The van der Waals surface area contributed by atoms with Gasteiger partial charge in [0.2, 0.25) is 5.88 Å². The lowest BCUT2D eigenvalue weighted by molar-refractivity contribution is -0.276. The van der Waals surface area contributed by atoms with E-state index in [4.69, 9.17) is 5.73 Å². The summed E-state index contributed by atoms with van der Waals surface area (Å²) in [6.07, 6.45) is -8.80. The summed E-state index contributed by atoms with van der Waals surface area (Å²) in [6.45, 7) is -0.425. The minimum absolute atomic E-state index is 0.218. The average Bonchev–Trinajstić information content (AvgIpc) is 2.35. The van der Waals surface area contributed by atoms with E-state index >= 15 is 0 Å². The van der Waals surface area contributed by atoms with Crippen LogP contribution < -0.4 is 10.5 Å². The minimum Gasteiger partial charge on any atom is -0.469 e. The summed E-state index contributed by atoms with van der Waals surface area (Å²) >= 11 is 0. The third-order valence-corrected chi connectivity index (χ3v) is 2.42. The zero-order chi connectivity index (χ0) is 16.2. The van der Waals surface area contributed by atoms with Crippen LogP contribution in [-0.4, -0.2) is 24.4 Å². The summed E-state index contributed by atoms with van der Waals surface area (Å²) < 4.78 is 70.1. The number of nitrogens with two attached hydrogens (primary N) is 1. The van der Waals surface area contributed by atoms with Crippen LogP contribution >= 0.6 is 0 Å². The van der Waals surface area contributed by atoms with Crippen molar-refractivity contribution in [2.24, 2.45) is 5.73 Å². The lowest BCUT2D eigenvalue weighted by Gasteiger charge is -2.15. The number of esters is 1. The fraction of sp³-hybridized carbons (Fsp3) is 0.455. The lowest BCUT2D eigenvalue weighted by atomic mass is 10.0. The van der Waals surface area contributed by atoms with E-state index in [1.54, 1.807) is 0 Å². The van der Waals surface area contributed by atoms with Crippen LogP contribution in [0.1, 0.15) is 23.2 Å². The predicted molar refractivity (Wildman–Crippen MR) is 59.5 cm³/mol. The Hall–Kier alpha value is -1.97. The molecule has 0 atom stereocenters. The number of methoxy groups -OCH3 is 1. The molecule has 0 amide bonds. The van der Waals surface area contributed by atoms with E-state index in [2.05, 4.69) is 14.5 Å². The Balaban J connectivity index is 3.33. The second-order valence-electron chi connectivity index (χ2n) is 3.78. The Kier molecular flexibility index (Phi) is 5.41. The maximum Gasteiger partial charge on any atom is 0.574 e. The second-order valence-corrected chi connectivity index (χ2v) is 3.78. The number of halogens is 5. The van der Waals surface area contributed by atoms with E-state index in [-0.39, 0.29) is 11.3 Å². The Morgan fingerprint density at radius 2 is 2.05 bits per heavy atom. The number of carbonyl (C=O) groups is 1. The van der Waals surface area contributed by atoms with Gasteiger partial charge in [0.25, 0.3) is 6.43 Å². The maximum absolute atomic E-state index is 12.9. The van der Waals surface area contributed by atoms with Crippen LogP contribution in [0.4, 0.5) is 22.0 Å². The van der Waals surface area contributed by atoms with Gasteiger partial charge in [-0.1, -0.05) is 0 Å². The summed E-state index contributed by atoms with van der Waals surface area (Å²) in [5.74, 6) is -1.95. The molecule has 1 rings (SSSR count). The molecule has 1 aromatic heterocycles. The fourth-order valence-electron chi connectivity index (χ4n) is 1.58. The summed E-state index contributed by atoms with van der Waals surface area (Å²) in [5.41, 5.74) is 3.96. The van der Waals surface area contributed by atoms with Crippen molar-refractivity contribution in [2.45, 2.75) is 25.8 Å². The van der Waals surface area contributed by atoms with Crippen molar-refractivity contribution in [1.29, 1.82) is 0 Å². The molecule has 10 heteroatoms. The highest BCUT2D eigenvalue weighted by Gasteiger charge is 2.33. The summed E-state index contributed by atoms with van der Waals surface area (Å²) in [4.78, 5) is 14.6. The highest BCUT2D eigenvalue weighted by Crippen LogP contribution is 2.30. The number of carbonyl (C=O) groups excluding carboxylic acids is 1. The predicted octanol–water partition coefficient (Wildman–Crippen LogP) is 2.09. The van der Waals surface area contributed by atoms with Crippen LogP contribution in [0.5, 0.6) is 5.88 Å². The minimum atomic E-state index is -5.10. The molecule has 118 valence electrons. The molecule has 1 aromatic rings. The third-order valence-electron chi connectivity index (χ3n) is 2.42. The van der Waals surface area contributed by atoms with Gasteiger partial charge in [-0.15, -0.1) is 13.2 Å². The Labute approximate surface area is 115 Å². The van der Waals surface area contributed by atoms with Gasteiger partial charge in [0.05, 0.1) is 19.2 Å². The van der Waals surface area contributed by atoms with Gasteiger partial charge in [0.15, 0.2) is 0 Å². The van der Waals surface area contributed by atoms with Crippen molar-refractivity contribution in [3.8, 4) is 5.88 Å². The first-order valence-electron chi connectivity index (χ1n) is 5.51. The van der Waals surface area contributed by atoms with Crippen molar-refractivity contribution in [3.63, 3.8) is 0 Å². The quantitative estimate of drug-likeness (QED) is 0.665. The van der Waals surface area contributed by atoms with Gasteiger partial charge in [-0.05, 0) is 5.56 Å². The Morgan fingerprint density at radius 1 is 1.43 bits per heavy atom. The topological polar surface area (TPSA) is 74.4 Å². The molecule has 0 saturated carbocycles. The van der Waals surface area contributed by atoms with Crippen molar-refractivity contribution in [3.05, 3.63) is 22.9 Å². The molecule has 0 unspecified atom stereocenters. The van der Waals surface area contributed by atoms with Crippen LogP contribution in [0.15, 0.2) is 6.07 Å². The molecule has 0 fully saturated rings. The van der Waals surface area contributed by atoms with Crippen LogP contribution in [0.25, 0.3) is 0 Å². The molecule has 1 heterocycles. The first-order chi connectivity index (χ1) is 9.67. The first kappa shape index (κ1) is 17.1. The number of hydrogen-bond donors (Lipinski definition) is 1. The second kappa shape index (κ2) is 6.66. The third kappa shape index (κ3) is 4.81. The smallest absolute Gasteiger partial charge is 0.469 e. The number of pyridine rings is 1.